The second-order valence-electron chi connectivity index (χ2n) is 8.67. The highest BCUT2D eigenvalue weighted by Crippen LogP contribution is 2.32. The molecule has 13 heteroatoms. The summed E-state index contributed by atoms with van der Waals surface area (Å²) in [5.74, 6) is -1.23. The Labute approximate surface area is 242 Å². The third-order valence-corrected chi connectivity index (χ3v) is 9.39. The van der Waals surface area contributed by atoms with Crippen LogP contribution < -0.4 is 9.04 Å². The van der Waals surface area contributed by atoms with E-state index in [4.69, 9.17) is 16.3 Å². The summed E-state index contributed by atoms with van der Waals surface area (Å²) in [6.45, 7) is -0.260. The minimum Gasteiger partial charge on any atom is -0.493 e. The number of non-ortho nitro benzene ring substituents is 1. The highest BCUT2D eigenvalue weighted by atomic mass is 35.5. The van der Waals surface area contributed by atoms with Gasteiger partial charge in [0.05, 0.1) is 39.5 Å². The van der Waals surface area contributed by atoms with Crippen molar-refractivity contribution < 1.29 is 31.1 Å². The molecule has 1 unspecified atom stereocenters. The molecule has 4 aromatic carbocycles. The summed E-state index contributed by atoms with van der Waals surface area (Å²) in [5.41, 5.74) is -0.200. The largest absolute Gasteiger partial charge is 0.493 e. The molecule has 0 aliphatic heterocycles. The van der Waals surface area contributed by atoms with E-state index in [-0.39, 0.29) is 29.5 Å². The number of nitrogens with zero attached hydrogens (tertiary/aromatic N) is 2. The van der Waals surface area contributed by atoms with Crippen LogP contribution in [0.3, 0.4) is 0 Å². The third-order valence-electron chi connectivity index (χ3n) is 5.91. The van der Waals surface area contributed by atoms with E-state index in [1.54, 1.807) is 24.3 Å². The maximum Gasteiger partial charge on any atom is 0.269 e. The molecule has 0 saturated heterocycles. The lowest BCUT2D eigenvalue weighted by molar-refractivity contribution is -0.384. The van der Waals surface area contributed by atoms with Gasteiger partial charge in [-0.2, -0.15) is 0 Å². The topological polar surface area (TPSA) is 107 Å². The zero-order valence-corrected chi connectivity index (χ0v) is 23.7. The first kappa shape index (κ1) is 30.1. The molecule has 41 heavy (non-hydrogen) atoms. The second-order valence-corrected chi connectivity index (χ2v) is 12.5. The maximum atomic E-state index is 14.9. The van der Waals surface area contributed by atoms with Crippen molar-refractivity contribution in [1.82, 2.24) is 0 Å². The molecular weight excluding hydrogens is 598 g/mol. The highest BCUT2D eigenvalue weighted by molar-refractivity contribution is 7.92. The van der Waals surface area contributed by atoms with Crippen molar-refractivity contribution >= 4 is 43.8 Å². The third kappa shape index (κ3) is 7.46. The molecule has 0 heterocycles. The fourth-order valence-electron chi connectivity index (χ4n) is 3.85. The van der Waals surface area contributed by atoms with E-state index in [0.717, 1.165) is 22.5 Å². The van der Waals surface area contributed by atoms with Crippen LogP contribution >= 0.6 is 11.6 Å². The van der Waals surface area contributed by atoms with Gasteiger partial charge in [-0.1, -0.05) is 29.8 Å². The van der Waals surface area contributed by atoms with Gasteiger partial charge < -0.3 is 4.74 Å². The van der Waals surface area contributed by atoms with Crippen molar-refractivity contribution in [3.63, 3.8) is 0 Å². The van der Waals surface area contributed by atoms with Crippen LogP contribution in [0.2, 0.25) is 5.02 Å². The average Bonchev–Trinajstić information content (AvgIpc) is 2.96. The summed E-state index contributed by atoms with van der Waals surface area (Å²) in [6, 6.07) is 19.8. The van der Waals surface area contributed by atoms with E-state index < -0.39 is 43.1 Å². The second kappa shape index (κ2) is 13.2. The number of nitro benzene ring substituents is 1. The van der Waals surface area contributed by atoms with Gasteiger partial charge in [-0.3, -0.25) is 18.6 Å². The standard InChI is InChI=1S/C28H23ClF2N2O6S2/c29-21-6-13-25(14-7-21)41(37,38)32(27-18-22(30)8-15-26(27)31)19-20-4-1-2-5-28(20)39-16-3-17-40(36)24-11-9-23(10-12-24)33(34)35/h1-2,4-15,18H,3,16-17,19H2. The number of hydrogen-bond donors (Lipinski definition) is 0. The lowest BCUT2D eigenvalue weighted by atomic mass is 10.2. The number of anilines is 1. The van der Waals surface area contributed by atoms with Gasteiger partial charge in [0.25, 0.3) is 15.7 Å². The first-order chi connectivity index (χ1) is 19.6. The van der Waals surface area contributed by atoms with Crippen LogP contribution in [-0.4, -0.2) is 29.9 Å². The van der Waals surface area contributed by atoms with Gasteiger partial charge in [0.2, 0.25) is 0 Å². The normalized spacial score (nSPS) is 12.1. The molecule has 0 N–H and O–H groups in total. The number of ether oxygens (including phenoxy) is 1. The Morgan fingerprint density at radius 3 is 2.32 bits per heavy atom. The summed E-state index contributed by atoms with van der Waals surface area (Å²) < 4.78 is 75.5. The summed E-state index contributed by atoms with van der Waals surface area (Å²) >= 11 is 5.91. The molecule has 0 aromatic heterocycles. The lowest BCUT2D eigenvalue weighted by Gasteiger charge is -2.26. The zero-order chi connectivity index (χ0) is 29.6. The van der Waals surface area contributed by atoms with Crippen LogP contribution in [0.25, 0.3) is 0 Å². The summed E-state index contributed by atoms with van der Waals surface area (Å²) in [4.78, 5) is 10.5. The molecule has 0 fully saturated rings. The van der Waals surface area contributed by atoms with Crippen LogP contribution in [0.5, 0.6) is 5.75 Å². The molecule has 0 radical (unpaired) electrons. The summed E-state index contributed by atoms with van der Waals surface area (Å²) in [5, 5.41) is 11.1. The molecule has 0 amide bonds. The van der Waals surface area contributed by atoms with E-state index in [2.05, 4.69) is 0 Å². The van der Waals surface area contributed by atoms with E-state index in [9.17, 15) is 31.5 Å². The van der Waals surface area contributed by atoms with E-state index in [1.165, 1.54) is 48.5 Å². The Balaban J connectivity index is 1.52. The minimum atomic E-state index is -4.37. The van der Waals surface area contributed by atoms with Crippen LogP contribution in [0, 0.1) is 21.7 Å². The molecular formula is C28H23ClF2N2O6S2. The minimum absolute atomic E-state index is 0.101. The predicted octanol–water partition coefficient (Wildman–Crippen LogP) is 6.50. The zero-order valence-electron chi connectivity index (χ0n) is 21.3. The van der Waals surface area contributed by atoms with E-state index in [0.29, 0.717) is 27.7 Å². The first-order valence-electron chi connectivity index (χ1n) is 12.1. The number of halogens is 3. The Bertz CT molecular complexity index is 1670. The molecule has 8 nitrogen and oxygen atoms in total. The number of sulfonamides is 1. The SMILES string of the molecule is O=[N+]([O-])c1ccc(S(=O)CCCOc2ccccc2CN(c2cc(F)ccc2F)S(=O)(=O)c2ccc(Cl)cc2)cc1. The summed E-state index contributed by atoms with van der Waals surface area (Å²) in [7, 11) is -5.79. The molecule has 214 valence electrons. The number of hydrogen-bond acceptors (Lipinski definition) is 6. The van der Waals surface area contributed by atoms with Crippen molar-refractivity contribution in [3.05, 3.63) is 123 Å². The number of benzene rings is 4. The van der Waals surface area contributed by atoms with Crippen LogP contribution in [-0.2, 0) is 27.4 Å². The lowest BCUT2D eigenvalue weighted by Crippen LogP contribution is -2.31. The summed E-state index contributed by atoms with van der Waals surface area (Å²) in [6.07, 6.45) is 0.350. The van der Waals surface area contributed by atoms with Crippen LogP contribution in [0.15, 0.2) is 101 Å². The van der Waals surface area contributed by atoms with Crippen molar-refractivity contribution in [1.29, 1.82) is 0 Å². The smallest absolute Gasteiger partial charge is 0.269 e. The van der Waals surface area contributed by atoms with Gasteiger partial charge in [0.15, 0.2) is 0 Å². The molecule has 0 aliphatic carbocycles. The van der Waals surface area contributed by atoms with Crippen molar-refractivity contribution in [2.45, 2.75) is 22.8 Å². The number of nitro groups is 1. The van der Waals surface area contributed by atoms with Crippen LogP contribution in [0.4, 0.5) is 20.2 Å². The average molecular weight is 621 g/mol. The fraction of sp³-hybridized carbons (Fsp3) is 0.143. The molecule has 1 atom stereocenters. The molecule has 4 aromatic rings. The molecule has 0 aliphatic rings. The predicted molar refractivity (Wildman–Crippen MR) is 152 cm³/mol. The Morgan fingerprint density at radius 2 is 1.63 bits per heavy atom. The molecule has 0 spiro atoms. The van der Waals surface area contributed by atoms with E-state index in [1.807, 2.05) is 0 Å². The maximum absolute atomic E-state index is 14.9. The van der Waals surface area contributed by atoms with Crippen molar-refractivity contribution in [2.75, 3.05) is 16.7 Å². The van der Waals surface area contributed by atoms with Gasteiger partial charge in [-0.05, 0) is 61.0 Å². The van der Waals surface area contributed by atoms with Crippen LogP contribution in [0.1, 0.15) is 12.0 Å². The van der Waals surface area contributed by atoms with Gasteiger partial charge in [-0.25, -0.2) is 17.2 Å². The Hall–Kier alpha value is -3.87. The highest BCUT2D eigenvalue weighted by Gasteiger charge is 2.29. The number of para-hydroxylation sites is 1. The Morgan fingerprint density at radius 1 is 0.951 bits per heavy atom. The number of rotatable bonds is 12. The molecule has 0 bridgehead atoms. The molecule has 4 rings (SSSR count). The van der Waals surface area contributed by atoms with Gasteiger partial charge in [0.1, 0.15) is 17.4 Å². The van der Waals surface area contributed by atoms with Crippen molar-refractivity contribution in [2.24, 2.45) is 0 Å². The van der Waals surface area contributed by atoms with Gasteiger partial charge >= 0.3 is 0 Å². The fourth-order valence-corrected chi connectivity index (χ4v) is 6.47. The quantitative estimate of drug-likeness (QED) is 0.102. The van der Waals surface area contributed by atoms with Gasteiger partial charge in [0, 0.05) is 39.4 Å². The van der Waals surface area contributed by atoms with E-state index >= 15 is 0 Å². The monoisotopic (exact) mass is 620 g/mol. The Kier molecular flexibility index (Phi) is 9.69. The van der Waals surface area contributed by atoms with Crippen molar-refractivity contribution in [3.8, 4) is 5.75 Å². The molecule has 0 saturated carbocycles. The van der Waals surface area contributed by atoms with Gasteiger partial charge in [-0.15, -0.1) is 0 Å². The first-order valence-corrected chi connectivity index (χ1v) is 15.3.